The molecule has 0 aromatic heterocycles. The highest BCUT2D eigenvalue weighted by atomic mass is 32.2. The van der Waals surface area contributed by atoms with Crippen molar-refractivity contribution >= 4 is 31.3 Å². The predicted octanol–water partition coefficient (Wildman–Crippen LogP) is 0.788. The summed E-state index contributed by atoms with van der Waals surface area (Å²) < 4.78 is 70.5. The molecule has 1 saturated heterocycles. The number of carbonyl (C=O) groups is 1. The molecule has 11 heteroatoms. The molecule has 1 heterocycles. The third kappa shape index (κ3) is 4.95. The van der Waals surface area contributed by atoms with E-state index in [-0.39, 0.29) is 23.7 Å². The Morgan fingerprint density at radius 3 is 2.36 bits per heavy atom. The van der Waals surface area contributed by atoms with Gasteiger partial charge in [-0.2, -0.15) is 8.78 Å². The van der Waals surface area contributed by atoms with Crippen molar-refractivity contribution in [3.05, 3.63) is 24.3 Å². The minimum Gasteiger partial charge on any atom is -0.325 e. The van der Waals surface area contributed by atoms with Crippen molar-refractivity contribution in [2.24, 2.45) is 0 Å². The minimum absolute atomic E-state index is 0.0482. The lowest BCUT2D eigenvalue weighted by molar-refractivity contribution is -0.115. The maximum atomic E-state index is 12.4. The standard InChI is InChI=1S/C14H18F2N2O5S2/c1-14(6-7-24(20,21)9-14)17-8-12(19)18-10-2-4-11(5-3-10)25(22,23)13(15)16/h2-5,13,17H,6-9H2,1H3,(H,18,19). The largest absolute Gasteiger partial charge is 0.341 e. The van der Waals surface area contributed by atoms with Crippen LogP contribution in [0.4, 0.5) is 14.5 Å². The maximum Gasteiger partial charge on any atom is 0.341 e. The molecule has 1 amide bonds. The zero-order valence-electron chi connectivity index (χ0n) is 13.3. The van der Waals surface area contributed by atoms with E-state index in [9.17, 15) is 30.4 Å². The van der Waals surface area contributed by atoms with Gasteiger partial charge in [0.05, 0.1) is 22.9 Å². The quantitative estimate of drug-likeness (QED) is 0.736. The fourth-order valence-corrected chi connectivity index (χ4v) is 5.32. The van der Waals surface area contributed by atoms with Crippen molar-refractivity contribution in [3.8, 4) is 0 Å². The SMILES string of the molecule is CC1(NCC(=O)Nc2ccc(S(=O)(=O)C(F)F)cc2)CCS(=O)(=O)C1. The summed E-state index contributed by atoms with van der Waals surface area (Å²) in [6.45, 7) is 1.58. The Labute approximate surface area is 144 Å². The van der Waals surface area contributed by atoms with Crippen LogP contribution in [0.2, 0.25) is 0 Å². The Balaban J connectivity index is 1.93. The second kappa shape index (κ2) is 6.96. The molecule has 1 unspecified atom stereocenters. The number of hydrogen-bond donors (Lipinski definition) is 2. The van der Waals surface area contributed by atoms with Gasteiger partial charge in [0.2, 0.25) is 15.7 Å². The Morgan fingerprint density at radius 1 is 1.28 bits per heavy atom. The van der Waals surface area contributed by atoms with E-state index in [0.29, 0.717) is 6.42 Å². The molecular formula is C14H18F2N2O5S2. The van der Waals surface area contributed by atoms with Gasteiger partial charge < -0.3 is 10.6 Å². The van der Waals surface area contributed by atoms with Crippen molar-refractivity contribution in [2.45, 2.75) is 29.5 Å². The van der Waals surface area contributed by atoms with Crippen LogP contribution in [0.5, 0.6) is 0 Å². The number of anilines is 1. The summed E-state index contributed by atoms with van der Waals surface area (Å²) in [5.41, 5.74) is -0.435. The first-order valence-corrected chi connectivity index (χ1v) is 10.7. The number of benzene rings is 1. The number of amides is 1. The van der Waals surface area contributed by atoms with Crippen LogP contribution in [0.1, 0.15) is 13.3 Å². The van der Waals surface area contributed by atoms with Gasteiger partial charge in [0.1, 0.15) is 0 Å². The van der Waals surface area contributed by atoms with Gasteiger partial charge in [0.25, 0.3) is 0 Å². The number of sulfone groups is 2. The summed E-state index contributed by atoms with van der Waals surface area (Å²) in [5, 5.41) is 5.38. The third-order valence-corrected chi connectivity index (χ3v) is 7.18. The molecular weight excluding hydrogens is 378 g/mol. The molecule has 0 radical (unpaired) electrons. The van der Waals surface area contributed by atoms with Crippen LogP contribution in [0.3, 0.4) is 0 Å². The number of halogens is 2. The lowest BCUT2D eigenvalue weighted by atomic mass is 10.0. The van der Waals surface area contributed by atoms with E-state index in [0.717, 1.165) is 12.1 Å². The molecule has 1 atom stereocenters. The van der Waals surface area contributed by atoms with Gasteiger partial charge >= 0.3 is 5.76 Å². The Morgan fingerprint density at radius 2 is 1.88 bits per heavy atom. The molecule has 0 aliphatic carbocycles. The molecule has 25 heavy (non-hydrogen) atoms. The summed E-state index contributed by atoms with van der Waals surface area (Å²) in [6.07, 6.45) is 0.406. The molecule has 1 aromatic rings. The van der Waals surface area contributed by atoms with E-state index < -0.39 is 41.8 Å². The van der Waals surface area contributed by atoms with Crippen molar-refractivity contribution < 1.29 is 30.4 Å². The van der Waals surface area contributed by atoms with Crippen LogP contribution in [0.25, 0.3) is 0 Å². The average molecular weight is 396 g/mol. The second-order valence-corrected chi connectivity index (χ2v) is 10.2. The number of carbonyl (C=O) groups excluding carboxylic acids is 1. The molecule has 1 aliphatic rings. The molecule has 0 saturated carbocycles. The molecule has 2 rings (SSSR count). The first kappa shape index (κ1) is 19.7. The van der Waals surface area contributed by atoms with Crippen molar-refractivity contribution in [1.82, 2.24) is 5.32 Å². The minimum atomic E-state index is -4.68. The first-order chi connectivity index (χ1) is 11.4. The summed E-state index contributed by atoms with van der Waals surface area (Å²) in [5.74, 6) is -3.96. The van der Waals surface area contributed by atoms with Crippen LogP contribution in [-0.2, 0) is 24.5 Å². The molecule has 1 aromatic carbocycles. The number of nitrogens with one attached hydrogen (secondary N) is 2. The third-order valence-electron chi connectivity index (χ3n) is 3.88. The summed E-state index contributed by atoms with van der Waals surface area (Å²) >= 11 is 0. The van der Waals surface area contributed by atoms with Crippen LogP contribution < -0.4 is 10.6 Å². The van der Waals surface area contributed by atoms with E-state index in [4.69, 9.17) is 0 Å². The number of rotatable bonds is 6. The second-order valence-electron chi connectivity index (χ2n) is 6.13. The summed E-state index contributed by atoms with van der Waals surface area (Å²) in [4.78, 5) is 11.4. The topological polar surface area (TPSA) is 109 Å². The summed E-state index contributed by atoms with van der Waals surface area (Å²) in [7, 11) is -7.78. The Kier molecular flexibility index (Phi) is 5.50. The first-order valence-electron chi connectivity index (χ1n) is 7.31. The van der Waals surface area contributed by atoms with Gasteiger partial charge in [0, 0.05) is 11.2 Å². The normalized spacial score (nSPS) is 22.9. The molecule has 0 bridgehead atoms. The monoisotopic (exact) mass is 396 g/mol. The van der Waals surface area contributed by atoms with E-state index in [1.54, 1.807) is 6.92 Å². The number of hydrogen-bond acceptors (Lipinski definition) is 6. The summed E-state index contributed by atoms with van der Waals surface area (Å²) in [6, 6.07) is 4.37. The van der Waals surface area contributed by atoms with Gasteiger partial charge in [-0.1, -0.05) is 0 Å². The van der Waals surface area contributed by atoms with Crippen molar-refractivity contribution in [3.63, 3.8) is 0 Å². The van der Waals surface area contributed by atoms with Crippen LogP contribution in [-0.4, -0.2) is 52.1 Å². The zero-order chi connectivity index (χ0) is 18.9. The van der Waals surface area contributed by atoms with Gasteiger partial charge in [-0.15, -0.1) is 0 Å². The lowest BCUT2D eigenvalue weighted by Crippen LogP contribution is -2.46. The lowest BCUT2D eigenvalue weighted by Gasteiger charge is -2.23. The molecule has 0 spiro atoms. The molecule has 1 aliphatic heterocycles. The number of alkyl halides is 2. The van der Waals surface area contributed by atoms with E-state index in [1.807, 2.05) is 0 Å². The Hall–Kier alpha value is -1.59. The van der Waals surface area contributed by atoms with E-state index in [2.05, 4.69) is 10.6 Å². The smallest absolute Gasteiger partial charge is 0.325 e. The average Bonchev–Trinajstić information content (AvgIpc) is 2.80. The van der Waals surface area contributed by atoms with Crippen LogP contribution in [0, 0.1) is 0 Å². The van der Waals surface area contributed by atoms with Crippen LogP contribution >= 0.6 is 0 Å². The Bertz CT molecular complexity index is 854. The maximum absolute atomic E-state index is 12.4. The van der Waals surface area contributed by atoms with Gasteiger partial charge in [-0.25, -0.2) is 16.8 Å². The zero-order valence-corrected chi connectivity index (χ0v) is 15.0. The fraction of sp³-hybridized carbons (Fsp3) is 0.500. The van der Waals surface area contributed by atoms with Gasteiger partial charge in [-0.3, -0.25) is 4.79 Å². The highest BCUT2D eigenvalue weighted by Crippen LogP contribution is 2.23. The van der Waals surface area contributed by atoms with Crippen molar-refractivity contribution in [2.75, 3.05) is 23.4 Å². The molecule has 2 N–H and O–H groups in total. The predicted molar refractivity (Wildman–Crippen MR) is 87.9 cm³/mol. The van der Waals surface area contributed by atoms with Crippen molar-refractivity contribution in [1.29, 1.82) is 0 Å². The van der Waals surface area contributed by atoms with Gasteiger partial charge in [0.15, 0.2) is 9.84 Å². The molecule has 140 valence electrons. The van der Waals surface area contributed by atoms with Crippen LogP contribution in [0.15, 0.2) is 29.2 Å². The highest BCUT2D eigenvalue weighted by molar-refractivity contribution is 7.92. The fourth-order valence-electron chi connectivity index (χ4n) is 2.48. The van der Waals surface area contributed by atoms with E-state index >= 15 is 0 Å². The molecule has 1 fully saturated rings. The molecule has 7 nitrogen and oxygen atoms in total. The highest BCUT2D eigenvalue weighted by Gasteiger charge is 2.38. The van der Waals surface area contributed by atoms with E-state index in [1.165, 1.54) is 12.1 Å². The van der Waals surface area contributed by atoms with Gasteiger partial charge in [-0.05, 0) is 37.6 Å².